The third-order valence-electron chi connectivity index (χ3n) is 4.83. The lowest BCUT2D eigenvalue weighted by Crippen LogP contribution is -2.33. The lowest BCUT2D eigenvalue weighted by molar-refractivity contribution is 0.0954. The van der Waals surface area contributed by atoms with Gasteiger partial charge in [0.05, 0.1) is 17.4 Å². The van der Waals surface area contributed by atoms with Crippen molar-refractivity contribution in [3.63, 3.8) is 0 Å². The molecule has 0 atom stereocenters. The summed E-state index contributed by atoms with van der Waals surface area (Å²) in [5.41, 5.74) is 2.57. The molecule has 1 amide bonds. The van der Waals surface area contributed by atoms with Crippen molar-refractivity contribution in [2.75, 3.05) is 24.5 Å². The van der Waals surface area contributed by atoms with E-state index in [1.54, 1.807) is 18.3 Å². The first-order chi connectivity index (χ1) is 12.5. The summed E-state index contributed by atoms with van der Waals surface area (Å²) in [5, 5.41) is 4.17. The van der Waals surface area contributed by atoms with Gasteiger partial charge in [0.2, 0.25) is 0 Å². The van der Waals surface area contributed by atoms with Gasteiger partial charge in [-0.15, -0.1) is 0 Å². The maximum Gasteiger partial charge on any atom is 0.252 e. The molecule has 0 saturated carbocycles. The van der Waals surface area contributed by atoms with Crippen molar-refractivity contribution in [3.05, 3.63) is 57.8 Å². The van der Waals surface area contributed by atoms with E-state index in [0.29, 0.717) is 28.6 Å². The highest BCUT2D eigenvalue weighted by molar-refractivity contribution is 6.35. The van der Waals surface area contributed by atoms with E-state index in [1.165, 1.54) is 12.8 Å². The summed E-state index contributed by atoms with van der Waals surface area (Å²) in [4.78, 5) is 19.0. The maximum absolute atomic E-state index is 12.4. The van der Waals surface area contributed by atoms with E-state index in [9.17, 15) is 4.79 Å². The standard InChI is InChI=1S/C20H23Cl2N3O/c1-14-5-8-25(9-6-14)18-10-16(12-23-13-18)20(26)24-7-4-15-2-3-17(21)11-19(15)22/h2-3,10-14H,4-9H2,1H3,(H,24,26). The molecule has 1 aromatic carbocycles. The van der Waals surface area contributed by atoms with Gasteiger partial charge in [-0.3, -0.25) is 9.78 Å². The van der Waals surface area contributed by atoms with E-state index in [-0.39, 0.29) is 5.91 Å². The predicted molar refractivity (Wildman–Crippen MR) is 107 cm³/mol. The molecule has 1 saturated heterocycles. The number of carbonyl (C=O) groups excluding carboxylic acids is 1. The summed E-state index contributed by atoms with van der Waals surface area (Å²) in [5.74, 6) is 0.653. The molecule has 0 unspecified atom stereocenters. The van der Waals surface area contributed by atoms with Crippen molar-refractivity contribution in [2.24, 2.45) is 5.92 Å². The van der Waals surface area contributed by atoms with Crippen LogP contribution in [0.25, 0.3) is 0 Å². The monoisotopic (exact) mass is 391 g/mol. The van der Waals surface area contributed by atoms with Crippen LogP contribution in [0.1, 0.15) is 35.7 Å². The Balaban J connectivity index is 1.57. The molecule has 0 aliphatic carbocycles. The zero-order valence-corrected chi connectivity index (χ0v) is 16.4. The molecule has 138 valence electrons. The van der Waals surface area contributed by atoms with E-state index in [2.05, 4.69) is 22.1 Å². The summed E-state index contributed by atoms with van der Waals surface area (Å²) in [6, 6.07) is 7.33. The molecule has 26 heavy (non-hydrogen) atoms. The Morgan fingerprint density at radius 2 is 2.00 bits per heavy atom. The minimum absolute atomic E-state index is 0.116. The SMILES string of the molecule is CC1CCN(c2cncc(C(=O)NCCc3ccc(Cl)cc3Cl)c2)CC1. The molecular formula is C20H23Cl2N3O. The van der Waals surface area contributed by atoms with Gasteiger partial charge in [0, 0.05) is 35.9 Å². The van der Waals surface area contributed by atoms with Gasteiger partial charge in [-0.1, -0.05) is 36.2 Å². The number of pyridine rings is 1. The van der Waals surface area contributed by atoms with Crippen LogP contribution < -0.4 is 10.2 Å². The number of aromatic nitrogens is 1. The minimum atomic E-state index is -0.116. The average molecular weight is 392 g/mol. The summed E-state index contributed by atoms with van der Waals surface area (Å²) in [6.07, 6.45) is 6.45. The van der Waals surface area contributed by atoms with Crippen LogP contribution in [0.3, 0.4) is 0 Å². The third-order valence-corrected chi connectivity index (χ3v) is 5.42. The van der Waals surface area contributed by atoms with Crippen LogP contribution in [-0.4, -0.2) is 30.5 Å². The van der Waals surface area contributed by atoms with Gasteiger partial charge >= 0.3 is 0 Å². The topological polar surface area (TPSA) is 45.2 Å². The second-order valence-corrected chi connectivity index (χ2v) is 7.69. The van der Waals surface area contributed by atoms with Crippen LogP contribution in [0.2, 0.25) is 10.0 Å². The second kappa shape index (κ2) is 8.74. The Morgan fingerprint density at radius 1 is 1.23 bits per heavy atom. The van der Waals surface area contributed by atoms with Crippen LogP contribution in [0.4, 0.5) is 5.69 Å². The Morgan fingerprint density at radius 3 is 2.73 bits per heavy atom. The van der Waals surface area contributed by atoms with Crippen molar-refractivity contribution in [1.82, 2.24) is 10.3 Å². The summed E-state index contributed by atoms with van der Waals surface area (Å²) >= 11 is 12.1. The van der Waals surface area contributed by atoms with Gasteiger partial charge in [-0.25, -0.2) is 0 Å². The Hall–Kier alpha value is -1.78. The average Bonchev–Trinajstić information content (AvgIpc) is 2.64. The fourth-order valence-corrected chi connectivity index (χ4v) is 3.63. The number of benzene rings is 1. The van der Waals surface area contributed by atoms with Crippen molar-refractivity contribution >= 4 is 34.8 Å². The fourth-order valence-electron chi connectivity index (χ4n) is 3.13. The molecule has 1 N–H and O–H groups in total. The summed E-state index contributed by atoms with van der Waals surface area (Å²) in [7, 11) is 0. The number of amides is 1. The molecule has 0 spiro atoms. The molecule has 4 nitrogen and oxygen atoms in total. The smallest absolute Gasteiger partial charge is 0.252 e. The second-order valence-electron chi connectivity index (χ2n) is 6.84. The van der Waals surface area contributed by atoms with E-state index < -0.39 is 0 Å². The molecule has 0 bridgehead atoms. The van der Waals surface area contributed by atoms with E-state index >= 15 is 0 Å². The molecule has 0 radical (unpaired) electrons. The lowest BCUT2D eigenvalue weighted by Gasteiger charge is -2.32. The first kappa shape index (κ1) is 19.0. The zero-order chi connectivity index (χ0) is 18.5. The normalized spacial score (nSPS) is 15.1. The highest BCUT2D eigenvalue weighted by Crippen LogP contribution is 2.23. The van der Waals surface area contributed by atoms with E-state index in [1.807, 2.05) is 18.3 Å². The van der Waals surface area contributed by atoms with Gasteiger partial charge in [-0.2, -0.15) is 0 Å². The molecule has 1 aliphatic rings. The van der Waals surface area contributed by atoms with Crippen LogP contribution in [0.15, 0.2) is 36.7 Å². The number of nitrogens with one attached hydrogen (secondary N) is 1. The summed E-state index contributed by atoms with van der Waals surface area (Å²) in [6.45, 7) is 4.82. The van der Waals surface area contributed by atoms with Crippen molar-refractivity contribution < 1.29 is 4.79 Å². The van der Waals surface area contributed by atoms with Crippen molar-refractivity contribution in [1.29, 1.82) is 0 Å². The number of anilines is 1. The highest BCUT2D eigenvalue weighted by atomic mass is 35.5. The number of nitrogens with zero attached hydrogens (tertiary/aromatic N) is 2. The number of halogens is 2. The van der Waals surface area contributed by atoms with Crippen LogP contribution in [-0.2, 0) is 6.42 Å². The first-order valence-corrected chi connectivity index (χ1v) is 9.70. The van der Waals surface area contributed by atoms with Crippen LogP contribution in [0, 0.1) is 5.92 Å². The largest absolute Gasteiger partial charge is 0.370 e. The van der Waals surface area contributed by atoms with Gasteiger partial charge < -0.3 is 10.2 Å². The summed E-state index contributed by atoms with van der Waals surface area (Å²) < 4.78 is 0. The number of piperidine rings is 1. The van der Waals surface area contributed by atoms with Gasteiger partial charge in [0.25, 0.3) is 5.91 Å². The minimum Gasteiger partial charge on any atom is -0.370 e. The zero-order valence-electron chi connectivity index (χ0n) is 14.8. The molecular weight excluding hydrogens is 369 g/mol. The number of rotatable bonds is 5. The molecule has 6 heteroatoms. The maximum atomic E-state index is 12.4. The van der Waals surface area contributed by atoms with Gasteiger partial charge in [-0.05, 0) is 48.9 Å². The molecule has 1 fully saturated rings. The van der Waals surface area contributed by atoms with Gasteiger partial charge in [0.1, 0.15) is 0 Å². The van der Waals surface area contributed by atoms with Crippen molar-refractivity contribution in [2.45, 2.75) is 26.2 Å². The fraction of sp³-hybridized carbons (Fsp3) is 0.400. The Labute approximate surface area is 164 Å². The molecule has 2 heterocycles. The Kier molecular flexibility index (Phi) is 6.38. The van der Waals surface area contributed by atoms with Crippen molar-refractivity contribution in [3.8, 4) is 0 Å². The molecule has 1 aromatic heterocycles. The highest BCUT2D eigenvalue weighted by Gasteiger charge is 2.17. The van der Waals surface area contributed by atoms with Gasteiger partial charge in [0.15, 0.2) is 0 Å². The molecule has 1 aliphatic heterocycles. The van der Waals surface area contributed by atoms with Crippen LogP contribution >= 0.6 is 23.2 Å². The third kappa shape index (κ3) is 4.89. The first-order valence-electron chi connectivity index (χ1n) is 8.95. The quantitative estimate of drug-likeness (QED) is 0.809. The number of hydrogen-bond donors (Lipinski definition) is 1. The number of carbonyl (C=O) groups is 1. The lowest BCUT2D eigenvalue weighted by atomic mass is 9.99. The van der Waals surface area contributed by atoms with E-state index in [4.69, 9.17) is 23.2 Å². The van der Waals surface area contributed by atoms with E-state index in [0.717, 1.165) is 30.3 Å². The molecule has 3 rings (SSSR count). The van der Waals surface area contributed by atoms with Crippen LogP contribution in [0.5, 0.6) is 0 Å². The number of hydrogen-bond acceptors (Lipinski definition) is 3. The Bertz CT molecular complexity index is 773. The predicted octanol–water partition coefficient (Wildman–Crippen LogP) is 4.60. The molecule has 2 aromatic rings.